The zero-order chi connectivity index (χ0) is 20.8. The Kier molecular flexibility index (Phi) is 6.86. The van der Waals surface area contributed by atoms with Crippen LogP contribution in [-0.2, 0) is 14.4 Å². The number of piperazine rings is 1. The van der Waals surface area contributed by atoms with Crippen LogP contribution < -0.4 is 0 Å². The largest absolute Gasteiger partial charge is 0.341 e. The molecule has 0 N–H and O–H groups in total. The van der Waals surface area contributed by atoms with Gasteiger partial charge in [0.15, 0.2) is 0 Å². The second-order valence-electron chi connectivity index (χ2n) is 7.69. The molecule has 1 aromatic carbocycles. The van der Waals surface area contributed by atoms with Gasteiger partial charge in [-0.25, -0.2) is 0 Å². The van der Waals surface area contributed by atoms with Crippen molar-refractivity contribution in [1.29, 1.82) is 5.26 Å². The van der Waals surface area contributed by atoms with E-state index in [4.69, 9.17) is 5.26 Å². The van der Waals surface area contributed by atoms with Crippen molar-refractivity contribution in [3.63, 3.8) is 0 Å². The Hall–Kier alpha value is -2.88. The van der Waals surface area contributed by atoms with E-state index in [9.17, 15) is 14.4 Å². The summed E-state index contributed by atoms with van der Waals surface area (Å²) in [5.74, 6) is -1.33. The lowest BCUT2D eigenvalue weighted by atomic mass is 9.96. The van der Waals surface area contributed by atoms with Crippen LogP contribution in [-0.4, -0.2) is 65.1 Å². The molecule has 7 nitrogen and oxygen atoms in total. The van der Waals surface area contributed by atoms with Gasteiger partial charge in [-0.05, 0) is 24.8 Å². The Labute approximate surface area is 171 Å². The van der Waals surface area contributed by atoms with E-state index in [-0.39, 0.29) is 11.8 Å². The maximum atomic E-state index is 13.4. The highest BCUT2D eigenvalue weighted by atomic mass is 16.2. The van der Waals surface area contributed by atoms with Crippen LogP contribution in [0.2, 0.25) is 0 Å². The van der Waals surface area contributed by atoms with Crippen LogP contribution in [0.4, 0.5) is 0 Å². The summed E-state index contributed by atoms with van der Waals surface area (Å²) in [4.78, 5) is 43.7. The van der Waals surface area contributed by atoms with Gasteiger partial charge < -0.3 is 14.7 Å². The van der Waals surface area contributed by atoms with E-state index in [1.54, 1.807) is 9.80 Å². The van der Waals surface area contributed by atoms with Crippen molar-refractivity contribution in [2.75, 3.05) is 32.7 Å². The van der Waals surface area contributed by atoms with E-state index in [0.717, 1.165) is 12.8 Å². The molecule has 2 heterocycles. The van der Waals surface area contributed by atoms with Crippen LogP contribution in [0.25, 0.3) is 0 Å². The molecule has 2 saturated heterocycles. The molecule has 0 aliphatic carbocycles. The minimum absolute atomic E-state index is 0.0282. The first-order chi connectivity index (χ1) is 14.1. The standard InChI is InChI=1S/C22H28N4O3/c1-2-3-11-24-14-15-26(22(29)21(24)28)19(18-7-5-4-6-8-18)20(27)25-12-9-17(16-23)10-13-25/h4-8,17,19H,2-3,9-15H2,1H3/t19-/m0/s1. The molecule has 2 aliphatic rings. The molecule has 154 valence electrons. The smallest absolute Gasteiger partial charge is 0.313 e. The highest BCUT2D eigenvalue weighted by molar-refractivity contribution is 6.35. The number of amides is 3. The van der Waals surface area contributed by atoms with E-state index >= 15 is 0 Å². The highest BCUT2D eigenvalue weighted by Crippen LogP contribution is 2.28. The summed E-state index contributed by atoms with van der Waals surface area (Å²) < 4.78 is 0. The Bertz CT molecular complexity index is 781. The molecule has 1 atom stereocenters. The first-order valence-electron chi connectivity index (χ1n) is 10.4. The number of carbonyl (C=O) groups excluding carboxylic acids is 3. The quantitative estimate of drug-likeness (QED) is 0.688. The molecule has 0 radical (unpaired) electrons. The highest BCUT2D eigenvalue weighted by Gasteiger charge is 2.41. The Morgan fingerprint density at radius 3 is 2.41 bits per heavy atom. The number of rotatable bonds is 6. The predicted octanol–water partition coefficient (Wildman–Crippen LogP) is 1.96. The fourth-order valence-corrected chi connectivity index (χ4v) is 3.99. The van der Waals surface area contributed by atoms with E-state index in [2.05, 4.69) is 6.07 Å². The molecule has 0 saturated carbocycles. The summed E-state index contributed by atoms with van der Waals surface area (Å²) in [7, 11) is 0. The molecule has 1 aromatic rings. The number of carbonyl (C=O) groups is 3. The van der Waals surface area contributed by atoms with Crippen molar-refractivity contribution < 1.29 is 14.4 Å². The minimum Gasteiger partial charge on any atom is -0.341 e. The van der Waals surface area contributed by atoms with Gasteiger partial charge in [0, 0.05) is 38.6 Å². The second-order valence-corrected chi connectivity index (χ2v) is 7.69. The van der Waals surface area contributed by atoms with Crippen molar-refractivity contribution in [2.24, 2.45) is 5.92 Å². The van der Waals surface area contributed by atoms with Crippen molar-refractivity contribution >= 4 is 17.7 Å². The third-order valence-corrected chi connectivity index (χ3v) is 5.77. The van der Waals surface area contributed by atoms with Gasteiger partial charge in [0.05, 0.1) is 6.07 Å². The van der Waals surface area contributed by atoms with E-state index in [0.29, 0.717) is 51.1 Å². The number of unbranched alkanes of at least 4 members (excludes halogenated alkanes) is 1. The average molecular weight is 396 g/mol. The molecule has 2 aliphatic heterocycles. The maximum Gasteiger partial charge on any atom is 0.313 e. The molecule has 3 rings (SSSR count). The number of hydrogen-bond donors (Lipinski definition) is 0. The van der Waals surface area contributed by atoms with E-state index in [1.165, 1.54) is 4.90 Å². The lowest BCUT2D eigenvalue weighted by Crippen LogP contribution is -2.58. The number of nitriles is 1. The van der Waals surface area contributed by atoms with Gasteiger partial charge in [-0.15, -0.1) is 0 Å². The molecule has 0 spiro atoms. The normalized spacial score (nSPS) is 19.2. The summed E-state index contributed by atoms with van der Waals surface area (Å²) in [6, 6.07) is 10.6. The summed E-state index contributed by atoms with van der Waals surface area (Å²) in [5.41, 5.74) is 0.711. The van der Waals surface area contributed by atoms with Crippen molar-refractivity contribution in [3.8, 4) is 6.07 Å². The number of piperidine rings is 1. The molecule has 0 aromatic heterocycles. The lowest BCUT2D eigenvalue weighted by molar-refractivity contribution is -0.161. The summed E-state index contributed by atoms with van der Waals surface area (Å²) in [6.07, 6.45) is 3.09. The fourth-order valence-electron chi connectivity index (χ4n) is 3.99. The fraction of sp³-hybridized carbons (Fsp3) is 0.545. The van der Waals surface area contributed by atoms with E-state index in [1.807, 2.05) is 37.3 Å². The second kappa shape index (κ2) is 9.55. The van der Waals surface area contributed by atoms with Gasteiger partial charge in [-0.3, -0.25) is 14.4 Å². The zero-order valence-electron chi connectivity index (χ0n) is 16.9. The molecule has 7 heteroatoms. The number of benzene rings is 1. The Morgan fingerprint density at radius 2 is 1.79 bits per heavy atom. The maximum absolute atomic E-state index is 13.4. The Morgan fingerprint density at radius 1 is 1.10 bits per heavy atom. The first-order valence-corrected chi connectivity index (χ1v) is 10.4. The van der Waals surface area contributed by atoms with Crippen molar-refractivity contribution in [3.05, 3.63) is 35.9 Å². The monoisotopic (exact) mass is 396 g/mol. The molecule has 3 amide bonds. The van der Waals surface area contributed by atoms with Gasteiger partial charge in [0.2, 0.25) is 5.91 Å². The van der Waals surface area contributed by atoms with Crippen LogP contribution in [0.3, 0.4) is 0 Å². The topological polar surface area (TPSA) is 84.7 Å². The molecular weight excluding hydrogens is 368 g/mol. The Balaban J connectivity index is 1.82. The summed E-state index contributed by atoms with van der Waals surface area (Å²) in [6.45, 7) is 4.40. The van der Waals surface area contributed by atoms with Crippen LogP contribution in [0.1, 0.15) is 44.2 Å². The lowest BCUT2D eigenvalue weighted by Gasteiger charge is -2.40. The minimum atomic E-state index is -0.806. The third kappa shape index (κ3) is 4.58. The molecule has 0 unspecified atom stereocenters. The third-order valence-electron chi connectivity index (χ3n) is 5.77. The average Bonchev–Trinajstić information content (AvgIpc) is 2.77. The predicted molar refractivity (Wildman–Crippen MR) is 107 cm³/mol. The van der Waals surface area contributed by atoms with Crippen LogP contribution in [0, 0.1) is 17.2 Å². The van der Waals surface area contributed by atoms with Crippen molar-refractivity contribution in [1.82, 2.24) is 14.7 Å². The number of hydrogen-bond acceptors (Lipinski definition) is 4. The first kappa shape index (κ1) is 20.8. The van der Waals surface area contributed by atoms with Crippen molar-refractivity contribution in [2.45, 2.75) is 38.6 Å². The molecule has 29 heavy (non-hydrogen) atoms. The van der Waals surface area contributed by atoms with E-state index < -0.39 is 17.9 Å². The van der Waals surface area contributed by atoms with Gasteiger partial charge in [-0.2, -0.15) is 5.26 Å². The number of likely N-dealkylation sites (tertiary alicyclic amines) is 1. The summed E-state index contributed by atoms with van der Waals surface area (Å²) >= 11 is 0. The molecule has 2 fully saturated rings. The van der Waals surface area contributed by atoms with Crippen LogP contribution >= 0.6 is 0 Å². The van der Waals surface area contributed by atoms with Gasteiger partial charge in [-0.1, -0.05) is 43.7 Å². The van der Waals surface area contributed by atoms with Gasteiger partial charge >= 0.3 is 11.8 Å². The molecule has 0 bridgehead atoms. The summed E-state index contributed by atoms with van der Waals surface area (Å²) in [5, 5.41) is 9.11. The molecular formula is C22H28N4O3. The van der Waals surface area contributed by atoms with Gasteiger partial charge in [0.25, 0.3) is 0 Å². The zero-order valence-corrected chi connectivity index (χ0v) is 16.9. The van der Waals surface area contributed by atoms with Crippen LogP contribution in [0.15, 0.2) is 30.3 Å². The van der Waals surface area contributed by atoms with Gasteiger partial charge in [0.1, 0.15) is 6.04 Å². The van der Waals surface area contributed by atoms with Crippen LogP contribution in [0.5, 0.6) is 0 Å². The SMILES string of the molecule is CCCCN1CCN([C@H](C(=O)N2CCC(C#N)CC2)c2ccccc2)C(=O)C1=O. The number of nitrogens with zero attached hydrogens (tertiary/aromatic N) is 4.